The van der Waals surface area contributed by atoms with Crippen molar-refractivity contribution < 1.29 is 19.1 Å². The second kappa shape index (κ2) is 8.89. The van der Waals surface area contributed by atoms with Crippen LogP contribution in [0.25, 0.3) is 0 Å². The van der Waals surface area contributed by atoms with Gasteiger partial charge in [0.25, 0.3) is 0 Å². The van der Waals surface area contributed by atoms with E-state index >= 15 is 0 Å². The van der Waals surface area contributed by atoms with Gasteiger partial charge >= 0.3 is 5.97 Å². The molecule has 0 heterocycles. The lowest BCUT2D eigenvalue weighted by Gasteiger charge is -2.07. The first kappa shape index (κ1) is 13.3. The predicted molar refractivity (Wildman–Crippen MR) is 49.9 cm³/mol. The topological polar surface area (TPSA) is 82.8 Å². The number of carbonyl (C=O) groups is 1. The normalized spacial score (nSPS) is 10.6. The van der Waals surface area contributed by atoms with Crippen LogP contribution >= 0.6 is 0 Å². The molecule has 0 unspecified atom stereocenters. The van der Waals surface area contributed by atoms with Gasteiger partial charge < -0.3 is 14.3 Å². The molecule has 0 aromatic rings. The molecular formula is C8H18N2O4. The molecule has 0 spiro atoms. The number of rotatable bonds is 8. The largest absolute Gasteiger partial charge is 0.378 e. The Morgan fingerprint density at radius 2 is 2.07 bits per heavy atom. The maximum Gasteiger partial charge on any atom is 0.328 e. The smallest absolute Gasteiger partial charge is 0.328 e. The average Bonchev–Trinajstić information content (AvgIpc) is 2.11. The van der Waals surface area contributed by atoms with Gasteiger partial charge in [0, 0.05) is 0 Å². The molecule has 0 aliphatic heterocycles. The molecule has 0 saturated heterocycles. The Morgan fingerprint density at radius 1 is 1.36 bits per heavy atom. The third-order valence-electron chi connectivity index (χ3n) is 1.30. The van der Waals surface area contributed by atoms with E-state index in [4.69, 9.17) is 15.3 Å². The first-order chi connectivity index (χ1) is 6.66. The van der Waals surface area contributed by atoms with Crippen molar-refractivity contribution in [2.45, 2.75) is 26.4 Å². The fourth-order valence-corrected chi connectivity index (χ4v) is 0.717. The van der Waals surface area contributed by atoms with E-state index in [1.54, 1.807) is 5.59 Å². The minimum absolute atomic E-state index is 0.172. The molecule has 0 saturated carbocycles. The maximum absolute atomic E-state index is 10.7. The molecule has 0 fully saturated rings. The molecule has 3 N–H and O–H groups in total. The first-order valence-electron chi connectivity index (χ1n) is 4.51. The summed E-state index contributed by atoms with van der Waals surface area (Å²) in [6.45, 7) is 5.21. The summed E-state index contributed by atoms with van der Waals surface area (Å²) < 4.78 is 10.3. The lowest BCUT2D eigenvalue weighted by Crippen LogP contribution is -2.26. The van der Waals surface area contributed by atoms with E-state index < -0.39 is 5.97 Å². The van der Waals surface area contributed by atoms with E-state index in [1.165, 1.54) is 0 Å². The molecule has 0 radical (unpaired) electrons. The fourth-order valence-electron chi connectivity index (χ4n) is 0.717. The van der Waals surface area contributed by atoms with E-state index in [2.05, 4.69) is 4.84 Å². The van der Waals surface area contributed by atoms with Crippen molar-refractivity contribution in [2.24, 2.45) is 5.84 Å². The van der Waals surface area contributed by atoms with E-state index in [1.807, 2.05) is 13.8 Å². The van der Waals surface area contributed by atoms with Gasteiger partial charge in [-0.2, -0.15) is 0 Å². The third kappa shape index (κ3) is 9.40. The summed E-state index contributed by atoms with van der Waals surface area (Å²) in [6, 6.07) is 0. The number of nitrogens with one attached hydrogen (secondary N) is 1. The van der Waals surface area contributed by atoms with E-state index in [-0.39, 0.29) is 12.5 Å². The number of hydrogen-bond acceptors (Lipinski definition) is 6. The van der Waals surface area contributed by atoms with Crippen molar-refractivity contribution in [3.05, 3.63) is 0 Å². The van der Waals surface area contributed by atoms with Crippen LogP contribution in [-0.2, 0) is 19.1 Å². The van der Waals surface area contributed by atoms with Gasteiger partial charge in [0.15, 0.2) is 0 Å². The zero-order chi connectivity index (χ0) is 10.8. The van der Waals surface area contributed by atoms with E-state index in [0.717, 1.165) is 0 Å². The van der Waals surface area contributed by atoms with Crippen molar-refractivity contribution in [2.75, 3.05) is 19.8 Å². The summed E-state index contributed by atoms with van der Waals surface area (Å²) in [5, 5.41) is 0. The van der Waals surface area contributed by atoms with Gasteiger partial charge in [0.1, 0.15) is 0 Å². The number of carbonyl (C=O) groups excluding carboxylic acids is 1. The van der Waals surface area contributed by atoms with Crippen LogP contribution in [0.4, 0.5) is 0 Å². The highest BCUT2D eigenvalue weighted by Crippen LogP contribution is 1.89. The Labute approximate surface area is 83.6 Å². The number of hydrogen-bond donors (Lipinski definition) is 2. The van der Waals surface area contributed by atoms with Crippen molar-refractivity contribution in [1.82, 2.24) is 5.59 Å². The Bertz CT molecular complexity index is 152. The van der Waals surface area contributed by atoms with Gasteiger partial charge in [-0.05, 0) is 13.8 Å². The number of ether oxygens (including phenoxy) is 2. The minimum atomic E-state index is -0.447. The molecule has 0 aromatic heterocycles. The SMILES string of the molecule is CC(C)OCCOCCC(=O)ONN. The molecule has 0 bridgehead atoms. The molecule has 0 rings (SSSR count). The summed E-state index contributed by atoms with van der Waals surface area (Å²) >= 11 is 0. The molecular weight excluding hydrogens is 188 g/mol. The van der Waals surface area contributed by atoms with Gasteiger partial charge in [0.05, 0.1) is 32.3 Å². The predicted octanol–water partition coefficient (Wildman–Crippen LogP) is -0.260. The summed E-state index contributed by atoms with van der Waals surface area (Å²) in [5.41, 5.74) is 1.80. The van der Waals surface area contributed by atoms with Crippen molar-refractivity contribution in [1.29, 1.82) is 0 Å². The Hall–Kier alpha value is -0.690. The van der Waals surface area contributed by atoms with Crippen LogP contribution in [0.3, 0.4) is 0 Å². The molecule has 0 aliphatic rings. The summed E-state index contributed by atoms with van der Waals surface area (Å²) in [4.78, 5) is 15.0. The zero-order valence-electron chi connectivity index (χ0n) is 8.62. The van der Waals surface area contributed by atoms with Gasteiger partial charge in [-0.3, -0.25) is 4.79 Å². The Morgan fingerprint density at radius 3 is 2.64 bits per heavy atom. The zero-order valence-corrected chi connectivity index (χ0v) is 8.62. The first-order valence-corrected chi connectivity index (χ1v) is 4.51. The van der Waals surface area contributed by atoms with Gasteiger partial charge in [-0.25, -0.2) is 5.84 Å². The van der Waals surface area contributed by atoms with Crippen molar-refractivity contribution >= 4 is 5.97 Å². The van der Waals surface area contributed by atoms with Crippen molar-refractivity contribution in [3.8, 4) is 0 Å². The monoisotopic (exact) mass is 206 g/mol. The van der Waals surface area contributed by atoms with Crippen molar-refractivity contribution in [3.63, 3.8) is 0 Å². The summed E-state index contributed by atoms with van der Waals surface area (Å²) in [7, 11) is 0. The minimum Gasteiger partial charge on any atom is -0.378 e. The highest BCUT2D eigenvalue weighted by Gasteiger charge is 2.01. The van der Waals surface area contributed by atoms with Gasteiger partial charge in [-0.1, -0.05) is 5.59 Å². The average molecular weight is 206 g/mol. The third-order valence-corrected chi connectivity index (χ3v) is 1.30. The second-order valence-electron chi connectivity index (χ2n) is 2.87. The molecule has 14 heavy (non-hydrogen) atoms. The van der Waals surface area contributed by atoms with Crippen LogP contribution < -0.4 is 11.4 Å². The molecule has 0 aromatic carbocycles. The van der Waals surface area contributed by atoms with E-state index in [9.17, 15) is 4.79 Å². The molecule has 0 aliphatic carbocycles. The Kier molecular flexibility index (Phi) is 8.45. The maximum atomic E-state index is 10.7. The van der Waals surface area contributed by atoms with Gasteiger partial charge in [-0.15, -0.1) is 0 Å². The molecule has 84 valence electrons. The number of hydrazine groups is 1. The molecule has 6 heteroatoms. The van der Waals surface area contributed by atoms with Crippen LogP contribution in [0.5, 0.6) is 0 Å². The lowest BCUT2D eigenvalue weighted by atomic mass is 10.5. The lowest BCUT2D eigenvalue weighted by molar-refractivity contribution is -0.152. The summed E-state index contributed by atoms with van der Waals surface area (Å²) in [5.74, 6) is 4.31. The highest BCUT2D eigenvalue weighted by atomic mass is 16.7. The van der Waals surface area contributed by atoms with Crippen LogP contribution in [0.15, 0.2) is 0 Å². The highest BCUT2D eigenvalue weighted by molar-refractivity contribution is 5.69. The van der Waals surface area contributed by atoms with Crippen LogP contribution in [0.2, 0.25) is 0 Å². The molecule has 0 atom stereocenters. The second-order valence-corrected chi connectivity index (χ2v) is 2.87. The summed E-state index contributed by atoms with van der Waals surface area (Å²) in [6.07, 6.45) is 0.372. The quantitative estimate of drug-likeness (QED) is 0.323. The van der Waals surface area contributed by atoms with Crippen LogP contribution in [0.1, 0.15) is 20.3 Å². The number of nitrogens with two attached hydrogens (primary N) is 1. The van der Waals surface area contributed by atoms with Gasteiger partial charge in [0.2, 0.25) is 0 Å². The molecule has 0 amide bonds. The van der Waals surface area contributed by atoms with Crippen LogP contribution in [0, 0.1) is 0 Å². The van der Waals surface area contributed by atoms with Crippen LogP contribution in [-0.4, -0.2) is 31.9 Å². The fraction of sp³-hybridized carbons (Fsp3) is 0.875. The molecule has 6 nitrogen and oxygen atoms in total. The Balaban J connectivity index is 3.09. The van der Waals surface area contributed by atoms with E-state index in [0.29, 0.717) is 19.8 Å². The standard InChI is InChI=1S/C8H18N2O4/c1-7(2)13-6-5-12-4-3-8(11)14-10-9/h7,10H,3-6,9H2,1-2H3.